The van der Waals surface area contributed by atoms with Crippen molar-refractivity contribution in [1.82, 2.24) is 4.90 Å². The number of nitrogens with zero attached hydrogens (tertiary/aromatic N) is 1. The van der Waals surface area contributed by atoms with Crippen molar-refractivity contribution in [2.75, 3.05) is 19.6 Å². The summed E-state index contributed by atoms with van der Waals surface area (Å²) in [4.78, 5) is 34.4. The van der Waals surface area contributed by atoms with Gasteiger partial charge in [0, 0.05) is 12.1 Å². The molecule has 0 saturated carbocycles. The molecule has 102 valence electrons. The molecule has 0 bridgehead atoms. The normalized spacial score (nSPS) is 10.4. The highest BCUT2D eigenvalue weighted by Crippen LogP contribution is 2.02. The summed E-state index contributed by atoms with van der Waals surface area (Å²) in [6.45, 7) is -0.435. The van der Waals surface area contributed by atoms with Gasteiger partial charge < -0.3 is 10.2 Å². The molecule has 0 aromatic heterocycles. The molecule has 1 rings (SSSR count). The van der Waals surface area contributed by atoms with Crippen LogP contribution in [0.25, 0.3) is 0 Å². The van der Waals surface area contributed by atoms with E-state index in [0.717, 1.165) is 0 Å². The van der Waals surface area contributed by atoms with Gasteiger partial charge in [0.25, 0.3) is 0 Å². The highest BCUT2D eigenvalue weighted by atomic mass is 16.4. The van der Waals surface area contributed by atoms with Crippen molar-refractivity contribution >= 4 is 17.7 Å². The van der Waals surface area contributed by atoms with Gasteiger partial charge in [0.1, 0.15) is 0 Å². The van der Waals surface area contributed by atoms with E-state index >= 15 is 0 Å². The van der Waals surface area contributed by atoms with Crippen LogP contribution in [-0.4, -0.2) is 52.5 Å². The second kappa shape index (κ2) is 7.27. The Morgan fingerprint density at radius 2 is 1.58 bits per heavy atom. The number of aliphatic carboxylic acids is 2. The van der Waals surface area contributed by atoms with Crippen LogP contribution < -0.4 is 0 Å². The van der Waals surface area contributed by atoms with Gasteiger partial charge in [-0.3, -0.25) is 19.3 Å². The first-order valence-electron chi connectivity index (χ1n) is 5.73. The molecule has 0 radical (unpaired) electrons. The Morgan fingerprint density at radius 1 is 0.947 bits per heavy atom. The van der Waals surface area contributed by atoms with Gasteiger partial charge in [0.15, 0.2) is 5.78 Å². The van der Waals surface area contributed by atoms with E-state index < -0.39 is 11.9 Å². The SMILES string of the molecule is O=C(O)CCN(CC(=O)O)CC(=O)c1ccccc1. The smallest absolute Gasteiger partial charge is 0.317 e. The molecule has 0 atom stereocenters. The Kier molecular flexibility index (Phi) is 5.69. The van der Waals surface area contributed by atoms with Gasteiger partial charge in [0.05, 0.1) is 19.5 Å². The molecule has 1 aromatic rings. The minimum absolute atomic E-state index is 0.0280. The minimum Gasteiger partial charge on any atom is -0.481 e. The summed E-state index contributed by atoms with van der Waals surface area (Å²) in [5.41, 5.74) is 0.480. The molecule has 6 nitrogen and oxygen atoms in total. The van der Waals surface area contributed by atoms with Crippen molar-refractivity contribution in [2.24, 2.45) is 0 Å². The lowest BCUT2D eigenvalue weighted by Gasteiger charge is -2.18. The number of benzene rings is 1. The van der Waals surface area contributed by atoms with Gasteiger partial charge in [-0.15, -0.1) is 0 Å². The third-order valence-corrected chi connectivity index (χ3v) is 2.46. The number of hydrogen-bond donors (Lipinski definition) is 2. The molecule has 0 unspecified atom stereocenters. The number of Topliss-reactive ketones (excluding diaryl/α,β-unsaturated/α-hetero) is 1. The van der Waals surface area contributed by atoms with Crippen LogP contribution >= 0.6 is 0 Å². The van der Waals surface area contributed by atoms with E-state index in [1.165, 1.54) is 4.90 Å². The number of carboxylic acids is 2. The van der Waals surface area contributed by atoms with Crippen molar-refractivity contribution in [3.63, 3.8) is 0 Å². The average molecular weight is 265 g/mol. The zero-order valence-corrected chi connectivity index (χ0v) is 10.3. The lowest BCUT2D eigenvalue weighted by atomic mass is 10.1. The maximum atomic E-state index is 11.9. The second-order valence-corrected chi connectivity index (χ2v) is 4.04. The van der Waals surface area contributed by atoms with Crippen LogP contribution in [0.1, 0.15) is 16.8 Å². The molecular weight excluding hydrogens is 250 g/mol. The van der Waals surface area contributed by atoms with Gasteiger partial charge in [0.2, 0.25) is 0 Å². The first-order valence-corrected chi connectivity index (χ1v) is 5.73. The molecule has 0 aliphatic heterocycles. The zero-order chi connectivity index (χ0) is 14.3. The number of hydrogen-bond acceptors (Lipinski definition) is 4. The fourth-order valence-corrected chi connectivity index (χ4v) is 1.58. The largest absolute Gasteiger partial charge is 0.481 e. The molecule has 0 aliphatic rings. The van der Waals surface area contributed by atoms with Crippen molar-refractivity contribution in [3.05, 3.63) is 35.9 Å². The van der Waals surface area contributed by atoms with Gasteiger partial charge >= 0.3 is 11.9 Å². The molecule has 0 amide bonds. The number of carboxylic acid groups (broad SMARTS) is 2. The average Bonchev–Trinajstić information content (AvgIpc) is 2.36. The molecule has 2 N–H and O–H groups in total. The van der Waals surface area contributed by atoms with E-state index in [9.17, 15) is 14.4 Å². The third-order valence-electron chi connectivity index (χ3n) is 2.46. The number of ketones is 1. The maximum absolute atomic E-state index is 11.9. The van der Waals surface area contributed by atoms with Crippen molar-refractivity contribution in [3.8, 4) is 0 Å². The summed E-state index contributed by atoms with van der Waals surface area (Å²) in [7, 11) is 0. The summed E-state index contributed by atoms with van der Waals surface area (Å²) in [5.74, 6) is -2.35. The highest BCUT2D eigenvalue weighted by molar-refractivity contribution is 5.97. The number of carbonyl (C=O) groups is 3. The first kappa shape index (κ1) is 14.8. The molecular formula is C13H15NO5. The third kappa shape index (κ3) is 5.78. The summed E-state index contributed by atoms with van der Waals surface area (Å²) >= 11 is 0. The van der Waals surface area contributed by atoms with Crippen LogP contribution in [0.5, 0.6) is 0 Å². The molecule has 1 aromatic carbocycles. The molecule has 0 spiro atoms. The predicted octanol–water partition coefficient (Wildman–Crippen LogP) is 0.731. The van der Waals surface area contributed by atoms with Crippen molar-refractivity contribution in [2.45, 2.75) is 6.42 Å². The summed E-state index contributed by atoms with van der Waals surface area (Å²) in [5, 5.41) is 17.3. The quantitative estimate of drug-likeness (QED) is 0.673. The molecule has 6 heteroatoms. The second-order valence-electron chi connectivity index (χ2n) is 4.04. The standard InChI is InChI=1S/C13H15NO5/c15-11(10-4-2-1-3-5-10)8-14(9-13(18)19)7-6-12(16)17/h1-5H,6-9H2,(H,16,17)(H,18,19). The molecule has 0 heterocycles. The van der Waals surface area contributed by atoms with E-state index in [1.54, 1.807) is 30.3 Å². The van der Waals surface area contributed by atoms with Crippen LogP contribution in [-0.2, 0) is 9.59 Å². The van der Waals surface area contributed by atoms with E-state index in [1.807, 2.05) is 0 Å². The van der Waals surface area contributed by atoms with Gasteiger partial charge in [-0.2, -0.15) is 0 Å². The fourth-order valence-electron chi connectivity index (χ4n) is 1.58. The molecule has 0 aliphatic carbocycles. The fraction of sp³-hybridized carbons (Fsp3) is 0.308. The zero-order valence-electron chi connectivity index (χ0n) is 10.3. The van der Waals surface area contributed by atoms with Gasteiger partial charge in [-0.05, 0) is 0 Å². The number of rotatable bonds is 8. The Morgan fingerprint density at radius 3 is 2.11 bits per heavy atom. The van der Waals surface area contributed by atoms with E-state index in [4.69, 9.17) is 10.2 Å². The van der Waals surface area contributed by atoms with Gasteiger partial charge in [-0.25, -0.2) is 0 Å². The maximum Gasteiger partial charge on any atom is 0.317 e. The molecule has 19 heavy (non-hydrogen) atoms. The Balaban J connectivity index is 2.63. The number of carbonyl (C=O) groups excluding carboxylic acids is 1. The topological polar surface area (TPSA) is 94.9 Å². The Hall–Kier alpha value is -2.21. The van der Waals surface area contributed by atoms with Crippen LogP contribution in [0.2, 0.25) is 0 Å². The summed E-state index contributed by atoms with van der Waals surface area (Å²) in [6.07, 6.45) is -0.199. The summed E-state index contributed by atoms with van der Waals surface area (Å²) < 4.78 is 0. The molecule has 0 saturated heterocycles. The van der Waals surface area contributed by atoms with Crippen LogP contribution in [0.15, 0.2) is 30.3 Å². The van der Waals surface area contributed by atoms with Crippen LogP contribution in [0.3, 0.4) is 0 Å². The van der Waals surface area contributed by atoms with Crippen LogP contribution in [0, 0.1) is 0 Å². The highest BCUT2D eigenvalue weighted by Gasteiger charge is 2.16. The van der Waals surface area contributed by atoms with Crippen LogP contribution in [0.4, 0.5) is 0 Å². The first-order chi connectivity index (χ1) is 8.99. The van der Waals surface area contributed by atoms with E-state index in [0.29, 0.717) is 5.56 Å². The van der Waals surface area contributed by atoms with Crippen molar-refractivity contribution < 1.29 is 24.6 Å². The van der Waals surface area contributed by atoms with Crippen molar-refractivity contribution in [1.29, 1.82) is 0 Å². The lowest BCUT2D eigenvalue weighted by molar-refractivity contribution is -0.140. The summed E-state index contributed by atoms with van der Waals surface area (Å²) in [6, 6.07) is 8.48. The van der Waals surface area contributed by atoms with Gasteiger partial charge in [-0.1, -0.05) is 30.3 Å². The van der Waals surface area contributed by atoms with E-state index in [-0.39, 0.29) is 31.8 Å². The van der Waals surface area contributed by atoms with E-state index in [2.05, 4.69) is 0 Å². The lowest BCUT2D eigenvalue weighted by Crippen LogP contribution is -2.36. The molecule has 0 fully saturated rings. The minimum atomic E-state index is -1.09. The monoisotopic (exact) mass is 265 g/mol. The predicted molar refractivity (Wildman–Crippen MR) is 67.1 cm³/mol. The Labute approximate surface area is 110 Å². The Bertz CT molecular complexity index is 457.